The van der Waals surface area contributed by atoms with Crippen LogP contribution in [0.2, 0.25) is 0 Å². The van der Waals surface area contributed by atoms with Crippen LogP contribution in [0.3, 0.4) is 0 Å². The highest BCUT2D eigenvalue weighted by Gasteiger charge is 2.27. The highest BCUT2D eigenvalue weighted by Crippen LogP contribution is 2.28. The van der Waals surface area contributed by atoms with Gasteiger partial charge in [-0.3, -0.25) is 0 Å². The lowest BCUT2D eigenvalue weighted by atomic mass is 9.93. The molecule has 1 fully saturated rings. The zero-order chi connectivity index (χ0) is 11.5. The van der Waals surface area contributed by atoms with Gasteiger partial charge in [-0.05, 0) is 31.7 Å². The van der Waals surface area contributed by atoms with Gasteiger partial charge in [-0.25, -0.2) is 0 Å². The average molecular weight is 223 g/mol. The molecule has 16 heavy (non-hydrogen) atoms. The van der Waals surface area contributed by atoms with Gasteiger partial charge >= 0.3 is 0 Å². The van der Waals surface area contributed by atoms with Gasteiger partial charge in [0.05, 0.1) is 6.04 Å². The van der Waals surface area contributed by atoms with Crippen molar-refractivity contribution in [2.45, 2.75) is 52.0 Å². The summed E-state index contributed by atoms with van der Waals surface area (Å²) in [6.45, 7) is 7.56. The molecule has 0 amide bonds. The van der Waals surface area contributed by atoms with Crippen LogP contribution in [-0.4, -0.2) is 16.7 Å². The number of hydrogen-bond acceptors (Lipinski definition) is 4. The fraction of sp³-hybridized carbons (Fsp3) is 0.833. The molecule has 3 atom stereocenters. The van der Waals surface area contributed by atoms with Gasteiger partial charge in [0.2, 0.25) is 5.89 Å². The van der Waals surface area contributed by atoms with Crippen molar-refractivity contribution in [2.24, 2.45) is 5.92 Å². The minimum Gasteiger partial charge on any atom is -0.338 e. The van der Waals surface area contributed by atoms with Crippen LogP contribution in [0.5, 0.6) is 0 Å². The summed E-state index contributed by atoms with van der Waals surface area (Å²) in [6.07, 6.45) is 3.52. The third-order valence-corrected chi connectivity index (χ3v) is 3.55. The van der Waals surface area contributed by atoms with Crippen LogP contribution < -0.4 is 5.32 Å². The van der Waals surface area contributed by atoms with E-state index >= 15 is 0 Å². The molecule has 2 rings (SSSR count). The van der Waals surface area contributed by atoms with Crippen molar-refractivity contribution in [1.29, 1.82) is 0 Å². The maximum Gasteiger partial charge on any atom is 0.244 e. The molecule has 0 aromatic carbocycles. The molecule has 0 saturated carbocycles. The summed E-state index contributed by atoms with van der Waals surface area (Å²) in [7, 11) is 0. The molecule has 0 spiro atoms. The van der Waals surface area contributed by atoms with Gasteiger partial charge in [-0.2, -0.15) is 4.98 Å². The van der Waals surface area contributed by atoms with E-state index in [1.54, 1.807) is 0 Å². The summed E-state index contributed by atoms with van der Waals surface area (Å²) in [5.41, 5.74) is 0. The quantitative estimate of drug-likeness (QED) is 0.855. The van der Waals surface area contributed by atoms with E-state index in [1.807, 2.05) is 0 Å². The Bertz CT molecular complexity index is 337. The van der Waals surface area contributed by atoms with Crippen molar-refractivity contribution in [3.8, 4) is 0 Å². The van der Waals surface area contributed by atoms with Gasteiger partial charge in [0, 0.05) is 5.92 Å². The molecule has 0 bridgehead atoms. The number of piperidine rings is 1. The summed E-state index contributed by atoms with van der Waals surface area (Å²) in [5, 5.41) is 7.53. The zero-order valence-electron chi connectivity index (χ0n) is 10.4. The second-order valence-corrected chi connectivity index (χ2v) is 4.85. The molecule has 3 unspecified atom stereocenters. The molecule has 1 saturated heterocycles. The molecule has 0 radical (unpaired) electrons. The summed E-state index contributed by atoms with van der Waals surface area (Å²) in [5.74, 6) is 2.58. The molecule has 0 aliphatic carbocycles. The maximum absolute atomic E-state index is 5.37. The Balaban J connectivity index is 2.11. The lowest BCUT2D eigenvalue weighted by Gasteiger charge is -2.26. The van der Waals surface area contributed by atoms with Crippen LogP contribution in [0.4, 0.5) is 0 Å². The van der Waals surface area contributed by atoms with Crippen molar-refractivity contribution < 1.29 is 4.52 Å². The van der Waals surface area contributed by atoms with Crippen LogP contribution in [0, 0.1) is 5.92 Å². The molecule has 2 heterocycles. The number of aromatic nitrogens is 2. The fourth-order valence-corrected chi connectivity index (χ4v) is 2.14. The molecular weight excluding hydrogens is 202 g/mol. The van der Waals surface area contributed by atoms with Crippen molar-refractivity contribution in [2.75, 3.05) is 6.54 Å². The normalized spacial score (nSPS) is 27.9. The van der Waals surface area contributed by atoms with E-state index in [4.69, 9.17) is 4.52 Å². The Hall–Kier alpha value is -0.900. The fourth-order valence-electron chi connectivity index (χ4n) is 2.14. The highest BCUT2D eigenvalue weighted by molar-refractivity contribution is 4.99. The molecule has 90 valence electrons. The van der Waals surface area contributed by atoms with Crippen LogP contribution in [0.25, 0.3) is 0 Å². The first-order valence-electron chi connectivity index (χ1n) is 6.29. The van der Waals surface area contributed by atoms with Crippen LogP contribution in [-0.2, 0) is 0 Å². The molecule has 4 heteroatoms. The van der Waals surface area contributed by atoms with Crippen molar-refractivity contribution in [3.05, 3.63) is 11.7 Å². The lowest BCUT2D eigenvalue weighted by molar-refractivity contribution is 0.238. The molecular formula is C12H21N3O. The van der Waals surface area contributed by atoms with Crippen LogP contribution in [0.15, 0.2) is 4.52 Å². The Morgan fingerprint density at radius 1 is 1.56 bits per heavy atom. The first-order valence-corrected chi connectivity index (χ1v) is 6.29. The third-order valence-electron chi connectivity index (χ3n) is 3.55. The van der Waals surface area contributed by atoms with Crippen molar-refractivity contribution in [1.82, 2.24) is 15.5 Å². The Kier molecular flexibility index (Phi) is 3.59. The predicted molar refractivity (Wildman–Crippen MR) is 62.1 cm³/mol. The van der Waals surface area contributed by atoms with Gasteiger partial charge in [0.25, 0.3) is 0 Å². The molecule has 4 nitrogen and oxygen atoms in total. The van der Waals surface area contributed by atoms with Gasteiger partial charge in [-0.15, -0.1) is 0 Å². The number of rotatable bonds is 3. The first-order chi connectivity index (χ1) is 7.72. The average Bonchev–Trinajstić information content (AvgIpc) is 2.78. The minimum atomic E-state index is 0.249. The Morgan fingerprint density at radius 2 is 2.38 bits per heavy atom. The predicted octanol–water partition coefficient (Wildman–Crippen LogP) is 2.64. The van der Waals surface area contributed by atoms with Gasteiger partial charge < -0.3 is 9.84 Å². The van der Waals surface area contributed by atoms with Gasteiger partial charge in [0.1, 0.15) is 0 Å². The van der Waals surface area contributed by atoms with E-state index in [0.717, 1.165) is 24.7 Å². The van der Waals surface area contributed by atoms with E-state index in [9.17, 15) is 0 Å². The monoisotopic (exact) mass is 223 g/mol. The largest absolute Gasteiger partial charge is 0.338 e. The molecule has 1 aliphatic heterocycles. The van der Waals surface area contributed by atoms with Crippen molar-refractivity contribution >= 4 is 0 Å². The molecule has 1 aromatic heterocycles. The third kappa shape index (κ3) is 2.26. The minimum absolute atomic E-state index is 0.249. The van der Waals surface area contributed by atoms with E-state index in [-0.39, 0.29) is 6.04 Å². The summed E-state index contributed by atoms with van der Waals surface area (Å²) < 4.78 is 5.37. The standard InChI is InChI=1S/C12H21N3O/c1-4-8(2)11-14-12(16-15-11)10-9(3)6-5-7-13-10/h8-10,13H,4-7H2,1-3H3. The molecule has 1 aromatic rings. The number of hydrogen-bond donors (Lipinski definition) is 1. The number of nitrogens with zero attached hydrogens (tertiary/aromatic N) is 2. The second-order valence-electron chi connectivity index (χ2n) is 4.85. The van der Waals surface area contributed by atoms with Crippen molar-refractivity contribution in [3.63, 3.8) is 0 Å². The summed E-state index contributed by atoms with van der Waals surface area (Å²) in [4.78, 5) is 4.51. The molecule has 1 N–H and O–H groups in total. The Labute approximate surface area is 96.8 Å². The first kappa shape index (κ1) is 11.6. The van der Waals surface area contributed by atoms with E-state index in [2.05, 4.69) is 36.2 Å². The van der Waals surface area contributed by atoms with E-state index in [1.165, 1.54) is 12.8 Å². The second kappa shape index (κ2) is 4.95. The topological polar surface area (TPSA) is 51.0 Å². The van der Waals surface area contributed by atoms with Crippen LogP contribution >= 0.6 is 0 Å². The van der Waals surface area contributed by atoms with Gasteiger partial charge in [-0.1, -0.05) is 25.9 Å². The van der Waals surface area contributed by atoms with E-state index < -0.39 is 0 Å². The smallest absolute Gasteiger partial charge is 0.244 e. The van der Waals surface area contributed by atoms with Gasteiger partial charge in [0.15, 0.2) is 5.82 Å². The SMILES string of the molecule is CCC(C)c1noc(C2NCCCC2C)n1. The zero-order valence-corrected chi connectivity index (χ0v) is 10.4. The lowest BCUT2D eigenvalue weighted by Crippen LogP contribution is -2.33. The Morgan fingerprint density at radius 3 is 3.06 bits per heavy atom. The van der Waals surface area contributed by atoms with E-state index in [0.29, 0.717) is 11.8 Å². The summed E-state index contributed by atoms with van der Waals surface area (Å²) in [6, 6.07) is 0.249. The molecule has 1 aliphatic rings. The maximum atomic E-state index is 5.37. The summed E-state index contributed by atoms with van der Waals surface area (Å²) >= 11 is 0. The van der Waals surface area contributed by atoms with Crippen LogP contribution in [0.1, 0.15) is 63.7 Å². The number of nitrogens with one attached hydrogen (secondary N) is 1. The highest BCUT2D eigenvalue weighted by atomic mass is 16.5.